The Balaban J connectivity index is 1.77. The molecule has 0 aliphatic heterocycles. The molecule has 6 nitrogen and oxygen atoms in total. The van der Waals surface area contributed by atoms with Crippen LogP contribution < -0.4 is 10.9 Å². The van der Waals surface area contributed by atoms with Gasteiger partial charge in [0.15, 0.2) is 5.76 Å². The average Bonchev–Trinajstić information content (AvgIpc) is 3.01. The molecule has 2 amide bonds. The molecule has 0 aliphatic rings. The average molecular weight is 301 g/mol. The number of aryl methyl sites for hydroxylation is 1. The maximum absolute atomic E-state index is 11.8. The Morgan fingerprint density at radius 1 is 1.14 bits per heavy atom. The molecule has 2 rings (SSSR count). The van der Waals surface area contributed by atoms with E-state index in [9.17, 15) is 9.59 Å². The van der Waals surface area contributed by atoms with Crippen molar-refractivity contribution in [2.24, 2.45) is 0 Å². The zero-order chi connectivity index (χ0) is 15.9. The zero-order valence-electron chi connectivity index (χ0n) is 12.6. The number of likely N-dealkylation sites (N-methyl/N-ethyl adjacent to an activating group) is 1. The number of hydrogen-bond acceptors (Lipinski definition) is 4. The summed E-state index contributed by atoms with van der Waals surface area (Å²) < 4.78 is 4.93. The number of hydrogen-bond donors (Lipinski definition) is 2. The number of carbonyl (C=O) groups is 2. The highest BCUT2D eigenvalue weighted by atomic mass is 16.3. The highest BCUT2D eigenvalue weighted by Crippen LogP contribution is 2.09. The lowest BCUT2D eigenvalue weighted by Gasteiger charge is -2.17. The molecule has 0 fully saturated rings. The van der Waals surface area contributed by atoms with Gasteiger partial charge in [-0.3, -0.25) is 25.3 Å². The molecule has 0 saturated carbocycles. The highest BCUT2D eigenvalue weighted by molar-refractivity contribution is 5.93. The van der Waals surface area contributed by atoms with Crippen LogP contribution in [0.25, 0.3) is 0 Å². The predicted molar refractivity (Wildman–Crippen MR) is 81.8 cm³/mol. The van der Waals surface area contributed by atoms with E-state index in [0.717, 1.165) is 5.56 Å². The molecule has 2 N–H and O–H groups in total. The fraction of sp³-hybridized carbons (Fsp3) is 0.250. The SMILES string of the molecule is Cc1ccccc1CN(C)CC(=O)NNC(=O)c1ccco1. The molecule has 0 bridgehead atoms. The Kier molecular flexibility index (Phi) is 5.32. The van der Waals surface area contributed by atoms with Gasteiger partial charge in [-0.1, -0.05) is 24.3 Å². The van der Waals surface area contributed by atoms with E-state index in [1.165, 1.54) is 17.9 Å². The first-order valence-electron chi connectivity index (χ1n) is 6.92. The standard InChI is InChI=1S/C16H19N3O3/c1-12-6-3-4-7-13(12)10-19(2)11-15(20)17-18-16(21)14-8-5-9-22-14/h3-9H,10-11H2,1-2H3,(H,17,20)(H,18,21). The van der Waals surface area contributed by atoms with E-state index < -0.39 is 5.91 Å². The minimum atomic E-state index is -0.486. The number of hydrazine groups is 1. The molecule has 0 unspecified atom stereocenters. The molecule has 116 valence electrons. The lowest BCUT2D eigenvalue weighted by Crippen LogP contribution is -2.45. The summed E-state index contributed by atoms with van der Waals surface area (Å²) in [6, 6.07) is 11.1. The minimum Gasteiger partial charge on any atom is -0.459 e. The van der Waals surface area contributed by atoms with Crippen LogP contribution >= 0.6 is 0 Å². The molecule has 0 atom stereocenters. The normalized spacial score (nSPS) is 10.5. The zero-order valence-corrected chi connectivity index (χ0v) is 12.6. The fourth-order valence-corrected chi connectivity index (χ4v) is 2.01. The fourth-order valence-electron chi connectivity index (χ4n) is 2.01. The van der Waals surface area contributed by atoms with Crippen molar-refractivity contribution in [1.29, 1.82) is 0 Å². The quantitative estimate of drug-likeness (QED) is 0.820. The van der Waals surface area contributed by atoms with Gasteiger partial charge in [-0.25, -0.2) is 0 Å². The molecule has 0 radical (unpaired) electrons. The van der Waals surface area contributed by atoms with Crippen molar-refractivity contribution >= 4 is 11.8 Å². The summed E-state index contributed by atoms with van der Waals surface area (Å²) in [5.74, 6) is -0.635. The molecule has 6 heteroatoms. The Morgan fingerprint density at radius 2 is 1.91 bits per heavy atom. The second-order valence-electron chi connectivity index (χ2n) is 5.08. The van der Waals surface area contributed by atoms with Crippen LogP contribution in [0.4, 0.5) is 0 Å². The van der Waals surface area contributed by atoms with Gasteiger partial charge in [-0.2, -0.15) is 0 Å². The molecular formula is C16H19N3O3. The van der Waals surface area contributed by atoms with E-state index in [4.69, 9.17) is 4.42 Å². The third-order valence-electron chi connectivity index (χ3n) is 3.18. The summed E-state index contributed by atoms with van der Waals surface area (Å²) in [5, 5.41) is 0. The first-order valence-corrected chi connectivity index (χ1v) is 6.92. The van der Waals surface area contributed by atoms with Gasteiger partial charge in [0, 0.05) is 6.54 Å². The summed E-state index contributed by atoms with van der Waals surface area (Å²) in [4.78, 5) is 25.3. The third-order valence-corrected chi connectivity index (χ3v) is 3.18. The maximum atomic E-state index is 11.8. The monoisotopic (exact) mass is 301 g/mol. The topological polar surface area (TPSA) is 74.6 Å². The summed E-state index contributed by atoms with van der Waals surface area (Å²) in [5.41, 5.74) is 7.01. The van der Waals surface area contributed by atoms with E-state index in [1.54, 1.807) is 6.07 Å². The van der Waals surface area contributed by atoms with Crippen LogP contribution in [0.2, 0.25) is 0 Å². The molecular weight excluding hydrogens is 282 g/mol. The summed E-state index contributed by atoms with van der Waals surface area (Å²) in [6.07, 6.45) is 1.40. The molecule has 0 aliphatic carbocycles. The van der Waals surface area contributed by atoms with Crippen molar-refractivity contribution in [3.63, 3.8) is 0 Å². The number of rotatable bonds is 5. The Labute approximate surface area is 129 Å². The van der Waals surface area contributed by atoms with Gasteiger partial charge >= 0.3 is 5.91 Å². The van der Waals surface area contributed by atoms with E-state index in [0.29, 0.717) is 6.54 Å². The van der Waals surface area contributed by atoms with E-state index in [2.05, 4.69) is 10.9 Å². The number of carbonyl (C=O) groups excluding carboxylic acids is 2. The first kappa shape index (κ1) is 15.8. The van der Waals surface area contributed by atoms with E-state index in [-0.39, 0.29) is 18.2 Å². The number of benzene rings is 1. The van der Waals surface area contributed by atoms with Crippen LogP contribution in [0, 0.1) is 6.92 Å². The van der Waals surface area contributed by atoms with E-state index in [1.807, 2.05) is 43.1 Å². The number of nitrogens with one attached hydrogen (secondary N) is 2. The second kappa shape index (κ2) is 7.42. The molecule has 0 saturated heterocycles. The van der Waals surface area contributed by atoms with Gasteiger partial charge in [-0.05, 0) is 37.2 Å². The number of nitrogens with zero attached hydrogens (tertiary/aromatic N) is 1. The van der Waals surface area contributed by atoms with Crippen molar-refractivity contribution in [2.45, 2.75) is 13.5 Å². The predicted octanol–water partition coefficient (Wildman–Crippen LogP) is 1.48. The van der Waals surface area contributed by atoms with E-state index >= 15 is 0 Å². The van der Waals surface area contributed by atoms with Crippen LogP contribution in [0.5, 0.6) is 0 Å². The Bertz CT molecular complexity index is 638. The van der Waals surface area contributed by atoms with Crippen LogP contribution in [-0.4, -0.2) is 30.3 Å². The van der Waals surface area contributed by atoms with Gasteiger partial charge in [0.25, 0.3) is 5.91 Å². The lowest BCUT2D eigenvalue weighted by atomic mass is 10.1. The number of amides is 2. The van der Waals surface area contributed by atoms with Gasteiger partial charge in [0.1, 0.15) is 0 Å². The first-order chi connectivity index (χ1) is 10.6. The van der Waals surface area contributed by atoms with Crippen molar-refractivity contribution < 1.29 is 14.0 Å². The lowest BCUT2D eigenvalue weighted by molar-refractivity contribution is -0.122. The van der Waals surface area contributed by atoms with Gasteiger partial charge in [-0.15, -0.1) is 0 Å². The van der Waals surface area contributed by atoms with Crippen molar-refractivity contribution in [1.82, 2.24) is 15.8 Å². The maximum Gasteiger partial charge on any atom is 0.305 e. The van der Waals surface area contributed by atoms with Crippen molar-refractivity contribution in [3.05, 3.63) is 59.5 Å². The van der Waals surface area contributed by atoms with Crippen LogP contribution in [0.15, 0.2) is 47.1 Å². The Morgan fingerprint density at radius 3 is 2.59 bits per heavy atom. The number of furan rings is 1. The Hall–Kier alpha value is -2.60. The molecule has 1 aromatic heterocycles. The minimum absolute atomic E-state index is 0.147. The van der Waals surface area contributed by atoms with Crippen molar-refractivity contribution in [2.75, 3.05) is 13.6 Å². The second-order valence-corrected chi connectivity index (χ2v) is 5.08. The summed E-state index contributed by atoms with van der Waals surface area (Å²) in [7, 11) is 1.85. The smallest absolute Gasteiger partial charge is 0.305 e. The highest BCUT2D eigenvalue weighted by Gasteiger charge is 2.11. The van der Waals surface area contributed by atoms with Crippen LogP contribution in [-0.2, 0) is 11.3 Å². The summed E-state index contributed by atoms with van der Waals surface area (Å²) in [6.45, 7) is 2.87. The molecule has 0 spiro atoms. The molecule has 2 aromatic rings. The van der Waals surface area contributed by atoms with Crippen LogP contribution in [0.1, 0.15) is 21.7 Å². The van der Waals surface area contributed by atoms with Crippen LogP contribution in [0.3, 0.4) is 0 Å². The van der Waals surface area contributed by atoms with Gasteiger partial charge in [0.05, 0.1) is 12.8 Å². The molecule has 1 aromatic carbocycles. The summed E-state index contributed by atoms with van der Waals surface area (Å²) >= 11 is 0. The molecule has 1 heterocycles. The largest absolute Gasteiger partial charge is 0.459 e. The van der Waals surface area contributed by atoms with Gasteiger partial charge in [0.2, 0.25) is 0 Å². The molecule has 22 heavy (non-hydrogen) atoms. The third kappa shape index (κ3) is 4.46. The van der Waals surface area contributed by atoms with Gasteiger partial charge < -0.3 is 4.42 Å². The van der Waals surface area contributed by atoms with Crippen molar-refractivity contribution in [3.8, 4) is 0 Å².